The maximum absolute atomic E-state index is 13.8. The molecule has 2 nitrogen and oxygen atoms in total. The Morgan fingerprint density at radius 3 is 2.67 bits per heavy atom. The molecule has 0 aromatic heterocycles. The lowest BCUT2D eigenvalue weighted by molar-refractivity contribution is 0.272. The van der Waals surface area contributed by atoms with E-state index < -0.39 is 0 Å². The van der Waals surface area contributed by atoms with Crippen LogP contribution in [-0.2, 0) is 6.54 Å². The van der Waals surface area contributed by atoms with Gasteiger partial charge in [-0.15, -0.1) is 0 Å². The second kappa shape index (κ2) is 7.32. The van der Waals surface area contributed by atoms with Crippen molar-refractivity contribution < 1.29 is 9.13 Å². The van der Waals surface area contributed by atoms with Gasteiger partial charge in [0.25, 0.3) is 0 Å². The van der Waals surface area contributed by atoms with Crippen molar-refractivity contribution in [2.24, 2.45) is 5.92 Å². The van der Waals surface area contributed by atoms with E-state index >= 15 is 0 Å². The fourth-order valence-electron chi connectivity index (χ4n) is 1.85. The van der Waals surface area contributed by atoms with Gasteiger partial charge < -0.3 is 10.1 Å². The Balaban J connectivity index is 2.05. The molecule has 0 amide bonds. The van der Waals surface area contributed by atoms with E-state index in [-0.39, 0.29) is 5.82 Å². The van der Waals surface area contributed by atoms with Crippen LogP contribution in [0.4, 0.5) is 10.1 Å². The minimum absolute atomic E-state index is 0.310. The molecule has 0 aliphatic carbocycles. The van der Waals surface area contributed by atoms with Gasteiger partial charge in [0.05, 0.1) is 12.3 Å². The predicted molar refractivity (Wildman–Crippen MR) is 85.5 cm³/mol. The summed E-state index contributed by atoms with van der Waals surface area (Å²) in [5.74, 6) is 0.919. The molecule has 0 fully saturated rings. The number of anilines is 1. The summed E-state index contributed by atoms with van der Waals surface area (Å²) >= 11 is 5.75. The van der Waals surface area contributed by atoms with E-state index in [9.17, 15) is 4.39 Å². The number of benzene rings is 2. The maximum Gasteiger partial charge on any atom is 0.142 e. The Bertz CT molecular complexity index is 601. The Morgan fingerprint density at radius 2 is 1.95 bits per heavy atom. The van der Waals surface area contributed by atoms with Crippen molar-refractivity contribution in [1.29, 1.82) is 0 Å². The molecule has 2 aromatic carbocycles. The van der Waals surface area contributed by atoms with Crippen LogP contribution in [0.1, 0.15) is 19.4 Å². The Hall–Kier alpha value is -1.74. The first-order valence-corrected chi connectivity index (χ1v) is 7.33. The third kappa shape index (κ3) is 4.64. The van der Waals surface area contributed by atoms with Crippen molar-refractivity contribution >= 4 is 17.3 Å². The van der Waals surface area contributed by atoms with Gasteiger partial charge in [-0.25, -0.2) is 4.39 Å². The van der Waals surface area contributed by atoms with E-state index in [4.69, 9.17) is 16.3 Å². The molecule has 4 heteroatoms. The number of halogens is 2. The fourth-order valence-corrected chi connectivity index (χ4v) is 2.01. The third-order valence-electron chi connectivity index (χ3n) is 2.94. The number of hydrogen-bond donors (Lipinski definition) is 1. The zero-order valence-corrected chi connectivity index (χ0v) is 13.0. The second-order valence-corrected chi connectivity index (χ2v) is 5.73. The first-order chi connectivity index (χ1) is 10.1. The molecule has 0 heterocycles. The van der Waals surface area contributed by atoms with E-state index in [1.54, 1.807) is 12.1 Å². The molecule has 2 rings (SSSR count). The third-order valence-corrected chi connectivity index (χ3v) is 3.18. The Morgan fingerprint density at radius 1 is 1.19 bits per heavy atom. The molecular weight excluding hydrogens is 289 g/mol. The molecule has 0 aliphatic rings. The van der Waals surface area contributed by atoms with Crippen LogP contribution in [0.25, 0.3) is 0 Å². The van der Waals surface area contributed by atoms with Gasteiger partial charge in [-0.05, 0) is 30.2 Å². The summed E-state index contributed by atoms with van der Waals surface area (Å²) in [5, 5.41) is 3.61. The highest BCUT2D eigenvalue weighted by molar-refractivity contribution is 6.30. The van der Waals surface area contributed by atoms with E-state index in [1.807, 2.05) is 24.3 Å². The van der Waals surface area contributed by atoms with Crippen LogP contribution >= 0.6 is 11.6 Å². The highest BCUT2D eigenvalue weighted by Gasteiger charge is 2.06. The van der Waals surface area contributed by atoms with Crippen LogP contribution in [0.15, 0.2) is 42.5 Å². The molecule has 0 bridgehead atoms. The topological polar surface area (TPSA) is 21.3 Å². The van der Waals surface area contributed by atoms with Gasteiger partial charge >= 0.3 is 0 Å². The monoisotopic (exact) mass is 307 g/mol. The summed E-state index contributed by atoms with van der Waals surface area (Å²) in [6, 6.07) is 12.4. The van der Waals surface area contributed by atoms with Crippen LogP contribution in [0.3, 0.4) is 0 Å². The lowest BCUT2D eigenvalue weighted by Crippen LogP contribution is -2.08. The summed E-state index contributed by atoms with van der Waals surface area (Å²) in [6.45, 7) is 5.22. The number of para-hydroxylation sites is 2. The molecule has 0 radical (unpaired) electrons. The number of ether oxygens (including phenoxy) is 1. The van der Waals surface area contributed by atoms with E-state index in [1.165, 1.54) is 6.07 Å². The molecule has 1 N–H and O–H groups in total. The smallest absolute Gasteiger partial charge is 0.142 e. The lowest BCUT2D eigenvalue weighted by atomic mass is 10.2. The van der Waals surface area contributed by atoms with Crippen LogP contribution in [-0.4, -0.2) is 6.61 Å². The van der Waals surface area contributed by atoms with Crippen molar-refractivity contribution in [2.45, 2.75) is 20.4 Å². The van der Waals surface area contributed by atoms with Gasteiger partial charge in [-0.2, -0.15) is 0 Å². The van der Waals surface area contributed by atoms with Crippen molar-refractivity contribution in [2.75, 3.05) is 11.9 Å². The molecular formula is C17H19ClFNO. The largest absolute Gasteiger partial charge is 0.491 e. The quantitative estimate of drug-likeness (QED) is 0.799. The summed E-state index contributed by atoms with van der Waals surface area (Å²) in [4.78, 5) is 0. The van der Waals surface area contributed by atoms with Gasteiger partial charge in [0.2, 0.25) is 0 Å². The van der Waals surface area contributed by atoms with E-state index in [0.29, 0.717) is 29.7 Å². The van der Waals surface area contributed by atoms with Gasteiger partial charge in [-0.1, -0.05) is 43.6 Å². The summed E-state index contributed by atoms with van der Waals surface area (Å²) < 4.78 is 19.5. The molecule has 0 saturated heterocycles. The van der Waals surface area contributed by atoms with Crippen LogP contribution in [0.2, 0.25) is 5.02 Å². The molecule has 0 spiro atoms. The molecule has 0 saturated carbocycles. The van der Waals surface area contributed by atoms with Gasteiger partial charge in [0, 0.05) is 17.1 Å². The fraction of sp³-hybridized carbons (Fsp3) is 0.294. The molecule has 0 aliphatic heterocycles. The van der Waals surface area contributed by atoms with E-state index in [2.05, 4.69) is 19.2 Å². The van der Waals surface area contributed by atoms with Crippen molar-refractivity contribution in [3.05, 3.63) is 58.9 Å². The molecule has 0 unspecified atom stereocenters. The average Bonchev–Trinajstić information content (AvgIpc) is 2.45. The molecule has 112 valence electrons. The van der Waals surface area contributed by atoms with Crippen molar-refractivity contribution in [3.63, 3.8) is 0 Å². The van der Waals surface area contributed by atoms with Crippen LogP contribution < -0.4 is 10.1 Å². The van der Waals surface area contributed by atoms with Crippen molar-refractivity contribution in [3.8, 4) is 5.75 Å². The number of nitrogens with one attached hydrogen (secondary N) is 1. The van der Waals surface area contributed by atoms with Crippen molar-refractivity contribution in [1.82, 2.24) is 0 Å². The summed E-state index contributed by atoms with van der Waals surface area (Å²) in [5.41, 5.74) is 1.42. The molecule has 0 atom stereocenters. The van der Waals surface area contributed by atoms with Crippen LogP contribution in [0.5, 0.6) is 5.75 Å². The average molecular weight is 308 g/mol. The van der Waals surface area contributed by atoms with E-state index in [0.717, 1.165) is 11.4 Å². The number of hydrogen-bond acceptors (Lipinski definition) is 2. The zero-order chi connectivity index (χ0) is 15.2. The first-order valence-electron chi connectivity index (χ1n) is 6.96. The zero-order valence-electron chi connectivity index (χ0n) is 12.2. The maximum atomic E-state index is 13.8. The first kappa shape index (κ1) is 15.6. The molecule has 2 aromatic rings. The van der Waals surface area contributed by atoms with Gasteiger partial charge in [0.1, 0.15) is 11.6 Å². The van der Waals surface area contributed by atoms with Gasteiger partial charge in [0.15, 0.2) is 0 Å². The lowest BCUT2D eigenvalue weighted by Gasteiger charge is -2.14. The summed E-state index contributed by atoms with van der Waals surface area (Å²) in [6.07, 6.45) is 0. The minimum Gasteiger partial charge on any atom is -0.491 e. The highest BCUT2D eigenvalue weighted by atomic mass is 35.5. The Labute approximate surface area is 129 Å². The normalized spacial score (nSPS) is 10.7. The predicted octanol–water partition coefficient (Wildman–Crippen LogP) is 5.13. The standard InChI is InChI=1S/C17H19ClFNO/c1-12(2)11-21-17-6-4-3-5-16(17)20-10-13-7-8-14(18)9-15(13)19/h3-9,12,20H,10-11H2,1-2H3. The SMILES string of the molecule is CC(C)COc1ccccc1NCc1ccc(Cl)cc1F. The minimum atomic E-state index is -0.310. The van der Waals surface area contributed by atoms with Crippen LogP contribution in [0, 0.1) is 11.7 Å². The Kier molecular flexibility index (Phi) is 5.45. The van der Waals surface area contributed by atoms with Gasteiger partial charge in [-0.3, -0.25) is 0 Å². The highest BCUT2D eigenvalue weighted by Crippen LogP contribution is 2.25. The second-order valence-electron chi connectivity index (χ2n) is 5.29. The summed E-state index contributed by atoms with van der Waals surface area (Å²) in [7, 11) is 0. The molecule has 21 heavy (non-hydrogen) atoms. The number of rotatable bonds is 6.